The zero-order chi connectivity index (χ0) is 21.0. The standard InChI is InChI=1S/C22H30N4O4/c1-2-18-14-17(27)15-22(29-18)8-12-26(13-9-22)20(28)5-3-4-19-24-21(25-30-19)16-6-10-23-11-7-16/h6-7,10-11,17-18,27H,2-5,8-9,12-15H2,1H3/t17-,18+/m1/s1. The highest BCUT2D eigenvalue weighted by atomic mass is 16.5. The van der Waals surface area contributed by atoms with Gasteiger partial charge in [-0.3, -0.25) is 9.78 Å². The van der Waals surface area contributed by atoms with Gasteiger partial charge in [0.15, 0.2) is 0 Å². The molecule has 2 aliphatic rings. The number of hydrogen-bond acceptors (Lipinski definition) is 7. The van der Waals surface area contributed by atoms with Crippen molar-refractivity contribution in [1.82, 2.24) is 20.0 Å². The molecule has 2 aromatic heterocycles. The topological polar surface area (TPSA) is 102 Å². The maximum atomic E-state index is 12.6. The minimum Gasteiger partial charge on any atom is -0.393 e. The Kier molecular flexibility index (Phi) is 6.43. The summed E-state index contributed by atoms with van der Waals surface area (Å²) in [7, 11) is 0. The van der Waals surface area contributed by atoms with Gasteiger partial charge in [-0.05, 0) is 44.2 Å². The number of piperidine rings is 1. The van der Waals surface area contributed by atoms with Gasteiger partial charge in [0.05, 0.1) is 17.8 Å². The number of rotatable bonds is 6. The molecule has 1 N–H and O–H groups in total. The molecule has 1 amide bonds. The van der Waals surface area contributed by atoms with E-state index in [0.29, 0.717) is 50.5 Å². The van der Waals surface area contributed by atoms with Crippen molar-refractivity contribution in [2.24, 2.45) is 0 Å². The van der Waals surface area contributed by atoms with Crippen LogP contribution in [0.4, 0.5) is 0 Å². The van der Waals surface area contributed by atoms with Crippen molar-refractivity contribution in [2.75, 3.05) is 13.1 Å². The maximum Gasteiger partial charge on any atom is 0.226 e. The van der Waals surface area contributed by atoms with E-state index in [-0.39, 0.29) is 23.7 Å². The second-order valence-corrected chi connectivity index (χ2v) is 8.41. The molecule has 8 nitrogen and oxygen atoms in total. The summed E-state index contributed by atoms with van der Waals surface area (Å²) in [6, 6.07) is 3.66. The van der Waals surface area contributed by atoms with Gasteiger partial charge in [0.1, 0.15) is 0 Å². The van der Waals surface area contributed by atoms with Crippen LogP contribution in [-0.2, 0) is 16.0 Å². The Morgan fingerprint density at radius 1 is 1.30 bits per heavy atom. The molecular weight excluding hydrogens is 384 g/mol. The monoisotopic (exact) mass is 414 g/mol. The molecule has 0 unspecified atom stereocenters. The van der Waals surface area contributed by atoms with E-state index < -0.39 is 0 Å². The van der Waals surface area contributed by atoms with Gasteiger partial charge >= 0.3 is 0 Å². The third-order valence-electron chi connectivity index (χ3n) is 6.23. The van der Waals surface area contributed by atoms with Crippen molar-refractivity contribution in [3.63, 3.8) is 0 Å². The smallest absolute Gasteiger partial charge is 0.226 e. The lowest BCUT2D eigenvalue weighted by Gasteiger charge is -2.47. The number of carbonyl (C=O) groups excluding carboxylic acids is 1. The fourth-order valence-corrected chi connectivity index (χ4v) is 4.53. The molecule has 30 heavy (non-hydrogen) atoms. The summed E-state index contributed by atoms with van der Waals surface area (Å²) in [5.74, 6) is 1.24. The van der Waals surface area contributed by atoms with Crippen LogP contribution in [0.25, 0.3) is 11.4 Å². The van der Waals surface area contributed by atoms with Crippen molar-refractivity contribution in [1.29, 1.82) is 0 Å². The van der Waals surface area contributed by atoms with Crippen molar-refractivity contribution >= 4 is 5.91 Å². The fourth-order valence-electron chi connectivity index (χ4n) is 4.53. The highest BCUT2D eigenvalue weighted by molar-refractivity contribution is 5.76. The SMILES string of the molecule is CC[C@H]1C[C@@H](O)CC2(CCN(C(=O)CCCc3nc(-c4ccncc4)no3)CC2)O1. The van der Waals surface area contributed by atoms with E-state index in [9.17, 15) is 9.90 Å². The van der Waals surface area contributed by atoms with Crippen LogP contribution in [-0.4, -0.2) is 61.9 Å². The Balaban J connectivity index is 1.23. The number of aliphatic hydroxyl groups excluding tert-OH is 1. The van der Waals surface area contributed by atoms with Gasteiger partial charge < -0.3 is 19.3 Å². The second-order valence-electron chi connectivity index (χ2n) is 8.41. The highest BCUT2D eigenvalue weighted by Crippen LogP contribution is 2.38. The number of likely N-dealkylation sites (tertiary alicyclic amines) is 1. The molecule has 0 saturated carbocycles. The van der Waals surface area contributed by atoms with E-state index in [0.717, 1.165) is 31.2 Å². The van der Waals surface area contributed by atoms with Gasteiger partial charge in [0.25, 0.3) is 0 Å². The second kappa shape index (κ2) is 9.22. The van der Waals surface area contributed by atoms with Crippen molar-refractivity contribution < 1.29 is 19.2 Å². The third-order valence-corrected chi connectivity index (χ3v) is 6.23. The van der Waals surface area contributed by atoms with Crippen molar-refractivity contribution in [3.05, 3.63) is 30.4 Å². The number of carbonyl (C=O) groups is 1. The van der Waals surface area contributed by atoms with Crippen LogP contribution in [0.5, 0.6) is 0 Å². The first-order valence-corrected chi connectivity index (χ1v) is 10.9. The molecule has 2 atom stereocenters. The Morgan fingerprint density at radius 3 is 2.80 bits per heavy atom. The zero-order valence-corrected chi connectivity index (χ0v) is 17.5. The summed E-state index contributed by atoms with van der Waals surface area (Å²) in [5.41, 5.74) is 0.598. The predicted molar refractivity (Wildman–Crippen MR) is 109 cm³/mol. The fraction of sp³-hybridized carbons (Fsp3) is 0.636. The number of nitrogens with zero attached hydrogens (tertiary/aromatic N) is 4. The van der Waals surface area contributed by atoms with Gasteiger partial charge in [0.2, 0.25) is 17.6 Å². The minimum absolute atomic E-state index is 0.127. The molecule has 0 aromatic carbocycles. The molecule has 8 heteroatoms. The van der Waals surface area contributed by atoms with Crippen LogP contribution < -0.4 is 0 Å². The van der Waals surface area contributed by atoms with E-state index in [4.69, 9.17) is 9.26 Å². The first-order chi connectivity index (χ1) is 14.6. The Bertz CT molecular complexity index is 833. The molecule has 2 aromatic rings. The number of aliphatic hydroxyl groups is 1. The normalized spacial score (nSPS) is 23.6. The lowest BCUT2D eigenvalue weighted by Crippen LogP contribution is -2.53. The minimum atomic E-state index is -0.294. The maximum absolute atomic E-state index is 12.6. The van der Waals surface area contributed by atoms with E-state index in [1.54, 1.807) is 12.4 Å². The predicted octanol–water partition coefficient (Wildman–Crippen LogP) is 2.77. The number of amides is 1. The zero-order valence-electron chi connectivity index (χ0n) is 17.5. The third kappa shape index (κ3) is 4.87. The van der Waals surface area contributed by atoms with Crippen LogP contribution in [0, 0.1) is 0 Å². The number of hydrogen-bond donors (Lipinski definition) is 1. The van der Waals surface area contributed by atoms with Gasteiger partial charge in [-0.15, -0.1) is 0 Å². The van der Waals surface area contributed by atoms with Crippen LogP contribution in [0.15, 0.2) is 29.0 Å². The van der Waals surface area contributed by atoms with E-state index >= 15 is 0 Å². The summed E-state index contributed by atoms with van der Waals surface area (Å²) in [5, 5.41) is 14.2. The number of aryl methyl sites for hydroxylation is 1. The highest BCUT2D eigenvalue weighted by Gasteiger charge is 2.43. The van der Waals surface area contributed by atoms with Crippen LogP contribution in [0.2, 0.25) is 0 Å². The van der Waals surface area contributed by atoms with Gasteiger partial charge in [-0.25, -0.2) is 0 Å². The number of ether oxygens (including phenoxy) is 1. The summed E-state index contributed by atoms with van der Waals surface area (Å²) in [4.78, 5) is 22.9. The molecule has 0 radical (unpaired) electrons. The Hall–Kier alpha value is -2.32. The van der Waals surface area contributed by atoms with Gasteiger partial charge in [-0.2, -0.15) is 4.98 Å². The van der Waals surface area contributed by atoms with Gasteiger partial charge in [0, 0.05) is 50.3 Å². The molecule has 0 aliphatic carbocycles. The molecule has 162 valence electrons. The molecule has 0 bridgehead atoms. The average Bonchev–Trinajstić information content (AvgIpc) is 3.23. The Morgan fingerprint density at radius 2 is 2.07 bits per heavy atom. The molecule has 4 rings (SSSR count). The number of pyridine rings is 1. The lowest BCUT2D eigenvalue weighted by atomic mass is 9.81. The molecular formula is C22H30N4O4. The lowest BCUT2D eigenvalue weighted by molar-refractivity contribution is -0.183. The quantitative estimate of drug-likeness (QED) is 0.775. The van der Waals surface area contributed by atoms with E-state index in [1.807, 2.05) is 17.0 Å². The van der Waals surface area contributed by atoms with Gasteiger partial charge in [-0.1, -0.05) is 12.1 Å². The van der Waals surface area contributed by atoms with Crippen LogP contribution in [0.1, 0.15) is 57.8 Å². The van der Waals surface area contributed by atoms with Crippen molar-refractivity contribution in [3.8, 4) is 11.4 Å². The summed E-state index contributed by atoms with van der Waals surface area (Å²) >= 11 is 0. The van der Waals surface area contributed by atoms with Crippen LogP contribution >= 0.6 is 0 Å². The first kappa shape index (κ1) is 20.9. The molecule has 4 heterocycles. The molecule has 2 fully saturated rings. The summed E-state index contributed by atoms with van der Waals surface area (Å²) in [6.45, 7) is 3.47. The largest absolute Gasteiger partial charge is 0.393 e. The van der Waals surface area contributed by atoms with Crippen molar-refractivity contribution in [2.45, 2.75) is 76.1 Å². The molecule has 2 saturated heterocycles. The molecule has 2 aliphatic heterocycles. The van der Waals surface area contributed by atoms with E-state index in [2.05, 4.69) is 22.0 Å². The number of aromatic nitrogens is 3. The Labute approximate surface area is 176 Å². The first-order valence-electron chi connectivity index (χ1n) is 10.9. The molecule has 1 spiro atoms. The van der Waals surface area contributed by atoms with E-state index in [1.165, 1.54) is 0 Å². The summed E-state index contributed by atoms with van der Waals surface area (Å²) < 4.78 is 11.6. The average molecular weight is 415 g/mol. The van der Waals surface area contributed by atoms with Crippen LogP contribution in [0.3, 0.4) is 0 Å². The summed E-state index contributed by atoms with van der Waals surface area (Å²) in [6.07, 6.45) is 8.84.